The summed E-state index contributed by atoms with van der Waals surface area (Å²) in [4.78, 5) is 9.93. The average Bonchev–Trinajstić information content (AvgIpc) is 3.11. The van der Waals surface area contributed by atoms with Crippen LogP contribution in [0, 0.1) is 6.92 Å². The largest absolute Gasteiger partial charge is 0.256 e. The van der Waals surface area contributed by atoms with Crippen LogP contribution in [-0.2, 0) is 6.42 Å². The zero-order chi connectivity index (χ0) is 31.6. The van der Waals surface area contributed by atoms with Crippen LogP contribution in [0.5, 0.6) is 0 Å². The Labute approximate surface area is 271 Å². The molecular formula is C44H36N2. The van der Waals surface area contributed by atoms with E-state index in [2.05, 4.69) is 136 Å². The molecule has 0 unspecified atom stereocenters. The fraction of sp³-hybridized carbons (Fsp3) is 0.0909. The van der Waals surface area contributed by atoms with Crippen LogP contribution >= 0.6 is 0 Å². The van der Waals surface area contributed by atoms with Gasteiger partial charge in [-0.15, -0.1) is 0 Å². The molecule has 0 fully saturated rings. The van der Waals surface area contributed by atoms with Gasteiger partial charge in [-0.3, -0.25) is 4.99 Å². The summed E-state index contributed by atoms with van der Waals surface area (Å²) in [6.45, 7) is 12.1. The van der Waals surface area contributed by atoms with E-state index in [4.69, 9.17) is 9.98 Å². The first-order valence-corrected chi connectivity index (χ1v) is 15.9. The van der Waals surface area contributed by atoms with E-state index in [-0.39, 0.29) is 0 Å². The predicted molar refractivity (Wildman–Crippen MR) is 200 cm³/mol. The van der Waals surface area contributed by atoms with Crippen LogP contribution in [0.2, 0.25) is 0 Å². The molecule has 1 aliphatic rings. The summed E-state index contributed by atoms with van der Waals surface area (Å²) in [7, 11) is 0. The lowest BCUT2D eigenvalue weighted by molar-refractivity contribution is 1.00. The van der Waals surface area contributed by atoms with E-state index in [9.17, 15) is 0 Å². The summed E-state index contributed by atoms with van der Waals surface area (Å²) in [6.07, 6.45) is 16.4. The van der Waals surface area contributed by atoms with Crippen LogP contribution < -0.4 is 0 Å². The minimum atomic E-state index is 0.831. The van der Waals surface area contributed by atoms with Crippen molar-refractivity contribution in [1.29, 1.82) is 0 Å². The van der Waals surface area contributed by atoms with Crippen LogP contribution in [0.25, 0.3) is 61.4 Å². The third-order valence-electron chi connectivity index (χ3n) is 9.11. The van der Waals surface area contributed by atoms with Gasteiger partial charge in [0.2, 0.25) is 0 Å². The quantitative estimate of drug-likeness (QED) is 0.103. The molecule has 7 rings (SSSR count). The van der Waals surface area contributed by atoms with Gasteiger partial charge in [0.1, 0.15) is 0 Å². The summed E-state index contributed by atoms with van der Waals surface area (Å²) in [6, 6.07) is 32.5. The van der Waals surface area contributed by atoms with Gasteiger partial charge in [-0.25, -0.2) is 4.98 Å². The normalized spacial score (nSPS) is 13.5. The first kappa shape index (κ1) is 29.1. The van der Waals surface area contributed by atoms with Crippen molar-refractivity contribution in [1.82, 2.24) is 4.98 Å². The SMILES string of the molecule is C=C/C=C\c1ccc2ccc(-c3ccc(C(C=C)=N/C=C(\C)c4ccc5c6c(c7ccccc7c5c4)CCC=C6)cc3)nc2c1C. The van der Waals surface area contributed by atoms with Gasteiger partial charge in [0.25, 0.3) is 0 Å². The van der Waals surface area contributed by atoms with Crippen molar-refractivity contribution in [3.63, 3.8) is 0 Å². The molecule has 1 heterocycles. The molecule has 1 aliphatic carbocycles. The van der Waals surface area contributed by atoms with Gasteiger partial charge in [-0.05, 0) is 99.8 Å². The molecule has 46 heavy (non-hydrogen) atoms. The van der Waals surface area contributed by atoms with Crippen LogP contribution in [0.15, 0.2) is 140 Å². The molecule has 0 saturated carbocycles. The second-order valence-electron chi connectivity index (χ2n) is 11.9. The lowest BCUT2D eigenvalue weighted by Gasteiger charge is -2.18. The number of pyridine rings is 1. The Bertz CT molecular complexity index is 2290. The van der Waals surface area contributed by atoms with Gasteiger partial charge in [-0.1, -0.05) is 122 Å². The molecule has 0 N–H and O–H groups in total. The fourth-order valence-electron chi connectivity index (χ4n) is 6.58. The lowest BCUT2D eigenvalue weighted by Crippen LogP contribution is -1.98. The Morgan fingerprint density at radius 3 is 2.41 bits per heavy atom. The Morgan fingerprint density at radius 1 is 0.826 bits per heavy atom. The highest BCUT2D eigenvalue weighted by molar-refractivity contribution is 6.14. The zero-order valence-electron chi connectivity index (χ0n) is 26.4. The van der Waals surface area contributed by atoms with Crippen molar-refractivity contribution in [2.45, 2.75) is 26.7 Å². The van der Waals surface area contributed by atoms with Gasteiger partial charge >= 0.3 is 0 Å². The summed E-state index contributed by atoms with van der Waals surface area (Å²) < 4.78 is 0. The first-order chi connectivity index (χ1) is 22.6. The Balaban J connectivity index is 1.19. The highest BCUT2D eigenvalue weighted by atomic mass is 14.7. The molecule has 0 spiro atoms. The van der Waals surface area contributed by atoms with Crippen molar-refractivity contribution in [3.05, 3.63) is 168 Å². The molecule has 0 aliphatic heterocycles. The van der Waals surface area contributed by atoms with Crippen molar-refractivity contribution in [3.8, 4) is 11.3 Å². The smallest absolute Gasteiger partial charge is 0.0744 e. The topological polar surface area (TPSA) is 25.2 Å². The van der Waals surface area contributed by atoms with Crippen molar-refractivity contribution < 1.29 is 0 Å². The fourth-order valence-corrected chi connectivity index (χ4v) is 6.58. The minimum absolute atomic E-state index is 0.831. The minimum Gasteiger partial charge on any atom is -0.256 e. The average molecular weight is 593 g/mol. The van der Waals surface area contributed by atoms with E-state index >= 15 is 0 Å². The number of aromatic nitrogens is 1. The second kappa shape index (κ2) is 12.4. The van der Waals surface area contributed by atoms with E-state index in [0.29, 0.717) is 0 Å². The standard InChI is InChI=1S/C44H36N2/c1-5-7-12-31-17-22-34-24-26-43(46-44(34)30(31)4)33-20-18-32(19-21-33)42(6-2)45-28-29(3)35-23-25-40-38-15-9-8-13-36(38)37-14-10-11-16-39(37)41(40)27-35/h5-7,9-12,14-28H,1-2,8,13H2,3-4H3/b12-7-,29-28+,45-42?. The molecule has 0 saturated heterocycles. The number of hydrogen-bond donors (Lipinski definition) is 0. The molecule has 1 aromatic heterocycles. The molecule has 0 radical (unpaired) electrons. The molecule has 222 valence electrons. The van der Waals surface area contributed by atoms with E-state index in [1.54, 1.807) is 6.08 Å². The van der Waals surface area contributed by atoms with Crippen LogP contribution in [0.3, 0.4) is 0 Å². The molecule has 5 aromatic carbocycles. The van der Waals surface area contributed by atoms with Gasteiger partial charge in [0.15, 0.2) is 0 Å². The van der Waals surface area contributed by atoms with Crippen molar-refractivity contribution in [2.24, 2.45) is 4.99 Å². The number of nitrogens with zero attached hydrogens (tertiary/aromatic N) is 2. The Hall–Kier alpha value is -5.60. The summed E-state index contributed by atoms with van der Waals surface area (Å²) in [5.74, 6) is 0. The van der Waals surface area contributed by atoms with Gasteiger partial charge < -0.3 is 0 Å². The number of rotatable bonds is 7. The van der Waals surface area contributed by atoms with Gasteiger partial charge in [-0.2, -0.15) is 0 Å². The number of allylic oxidation sites excluding steroid dienone is 5. The number of aliphatic imine (C=N–C) groups is 1. The lowest BCUT2D eigenvalue weighted by atomic mass is 9.86. The van der Waals surface area contributed by atoms with Gasteiger partial charge in [0, 0.05) is 22.7 Å². The van der Waals surface area contributed by atoms with Crippen molar-refractivity contribution in [2.75, 3.05) is 0 Å². The Morgan fingerprint density at radius 2 is 1.61 bits per heavy atom. The number of aryl methyl sites for hydroxylation is 2. The van der Waals surface area contributed by atoms with E-state index in [0.717, 1.165) is 63.0 Å². The summed E-state index contributed by atoms with van der Waals surface area (Å²) in [5, 5.41) is 6.42. The number of fused-ring (bicyclic) bond motifs is 7. The molecule has 0 bridgehead atoms. The third-order valence-corrected chi connectivity index (χ3v) is 9.11. The van der Waals surface area contributed by atoms with Crippen molar-refractivity contribution >= 4 is 55.9 Å². The third kappa shape index (κ3) is 5.33. The van der Waals surface area contributed by atoms with E-state index in [1.807, 2.05) is 18.4 Å². The molecule has 2 nitrogen and oxygen atoms in total. The van der Waals surface area contributed by atoms with E-state index in [1.165, 1.54) is 38.2 Å². The number of hydrogen-bond acceptors (Lipinski definition) is 2. The second-order valence-corrected chi connectivity index (χ2v) is 11.9. The maximum Gasteiger partial charge on any atom is 0.0744 e. The summed E-state index contributed by atoms with van der Waals surface area (Å²) in [5.41, 5.74) is 12.3. The molecule has 0 amide bonds. The maximum atomic E-state index is 5.04. The molecular weight excluding hydrogens is 556 g/mol. The maximum absolute atomic E-state index is 5.04. The first-order valence-electron chi connectivity index (χ1n) is 15.9. The number of benzene rings is 5. The highest BCUT2D eigenvalue weighted by Gasteiger charge is 2.15. The molecule has 6 aromatic rings. The van der Waals surface area contributed by atoms with Crippen LogP contribution in [0.1, 0.15) is 46.7 Å². The molecule has 0 atom stereocenters. The van der Waals surface area contributed by atoms with Crippen LogP contribution in [0.4, 0.5) is 0 Å². The summed E-state index contributed by atoms with van der Waals surface area (Å²) >= 11 is 0. The highest BCUT2D eigenvalue weighted by Crippen LogP contribution is 2.37. The Kier molecular flexibility index (Phi) is 7.86. The zero-order valence-corrected chi connectivity index (χ0v) is 26.4. The molecule has 2 heteroatoms. The monoisotopic (exact) mass is 592 g/mol. The van der Waals surface area contributed by atoms with Crippen LogP contribution in [-0.4, -0.2) is 10.7 Å². The predicted octanol–water partition coefficient (Wildman–Crippen LogP) is 11.7. The van der Waals surface area contributed by atoms with Gasteiger partial charge in [0.05, 0.1) is 16.9 Å². The van der Waals surface area contributed by atoms with E-state index < -0.39 is 0 Å².